The summed E-state index contributed by atoms with van der Waals surface area (Å²) in [6.45, 7) is 8.05. The van der Waals surface area contributed by atoms with Gasteiger partial charge in [-0.15, -0.1) is 0 Å². The number of likely N-dealkylation sites (tertiary alicyclic amines) is 1. The average molecular weight is 697 g/mol. The Balaban J connectivity index is 1.40. The Morgan fingerprint density at radius 3 is 2.37 bits per heavy atom. The van der Waals surface area contributed by atoms with Crippen molar-refractivity contribution in [3.8, 4) is 0 Å². The van der Waals surface area contributed by atoms with Crippen LogP contribution in [-0.4, -0.2) is 71.3 Å². The van der Waals surface area contributed by atoms with E-state index in [0.717, 1.165) is 38.5 Å². The third-order valence-corrected chi connectivity index (χ3v) is 11.0. The van der Waals surface area contributed by atoms with Crippen molar-refractivity contribution >= 4 is 52.5 Å². The van der Waals surface area contributed by atoms with E-state index in [9.17, 15) is 28.8 Å². The van der Waals surface area contributed by atoms with E-state index in [4.69, 9.17) is 11.6 Å². The molecule has 11 heteroatoms. The number of benzene rings is 1. The van der Waals surface area contributed by atoms with E-state index in [2.05, 4.69) is 10.6 Å². The lowest BCUT2D eigenvalue weighted by atomic mass is 9.82. The molecule has 268 valence electrons. The maximum atomic E-state index is 14.6. The van der Waals surface area contributed by atoms with Crippen molar-refractivity contribution in [2.45, 2.75) is 129 Å². The number of nitrogens with one attached hydrogen (secondary N) is 2. The van der Waals surface area contributed by atoms with E-state index < -0.39 is 40.5 Å². The maximum absolute atomic E-state index is 14.6. The summed E-state index contributed by atoms with van der Waals surface area (Å²) in [5, 5.41) is 6.30. The normalized spacial score (nSPS) is 24.2. The van der Waals surface area contributed by atoms with Gasteiger partial charge in [0.25, 0.3) is 5.91 Å². The van der Waals surface area contributed by atoms with E-state index in [1.165, 1.54) is 6.42 Å². The van der Waals surface area contributed by atoms with E-state index in [1.807, 2.05) is 33.8 Å². The third kappa shape index (κ3) is 9.10. The van der Waals surface area contributed by atoms with Gasteiger partial charge in [0, 0.05) is 60.4 Å². The first-order valence-electron chi connectivity index (χ1n) is 18.2. The number of Topliss-reactive ketones (excluding diaryl/α,β-unsaturated/α-hetero) is 2. The Kier molecular flexibility index (Phi) is 11.6. The summed E-state index contributed by atoms with van der Waals surface area (Å²) >= 11 is 6.26. The molecule has 1 spiro atoms. The third-order valence-electron chi connectivity index (χ3n) is 10.8. The fourth-order valence-corrected chi connectivity index (χ4v) is 8.19. The predicted molar refractivity (Wildman–Crippen MR) is 188 cm³/mol. The van der Waals surface area contributed by atoms with Gasteiger partial charge >= 0.3 is 0 Å². The second kappa shape index (κ2) is 15.3. The molecule has 1 aromatic carbocycles. The van der Waals surface area contributed by atoms with Crippen LogP contribution in [0.1, 0.15) is 111 Å². The molecule has 2 saturated heterocycles. The summed E-state index contributed by atoms with van der Waals surface area (Å²) in [5.74, 6) is -2.71. The van der Waals surface area contributed by atoms with Crippen molar-refractivity contribution in [1.29, 1.82) is 0 Å². The molecule has 49 heavy (non-hydrogen) atoms. The van der Waals surface area contributed by atoms with E-state index in [0.29, 0.717) is 42.4 Å². The smallest absolute Gasteiger partial charge is 0.287 e. The molecule has 2 aliphatic heterocycles. The number of carbonyl (C=O) groups is 6. The van der Waals surface area contributed by atoms with Crippen LogP contribution in [0.25, 0.3) is 0 Å². The van der Waals surface area contributed by atoms with Crippen molar-refractivity contribution in [3.63, 3.8) is 0 Å². The number of carbonyl (C=O) groups excluding carboxylic acids is 6. The van der Waals surface area contributed by atoms with Gasteiger partial charge in [0.2, 0.25) is 23.5 Å². The quantitative estimate of drug-likeness (QED) is 0.266. The van der Waals surface area contributed by atoms with Crippen LogP contribution in [0.4, 0.5) is 5.69 Å². The van der Waals surface area contributed by atoms with Crippen molar-refractivity contribution < 1.29 is 28.8 Å². The fraction of sp³-hybridized carbons (Fsp3) is 0.684. The van der Waals surface area contributed by atoms with Gasteiger partial charge in [-0.25, -0.2) is 0 Å². The van der Waals surface area contributed by atoms with Gasteiger partial charge in [0.15, 0.2) is 5.78 Å². The molecule has 10 nitrogen and oxygen atoms in total. The Labute approximate surface area is 295 Å². The molecule has 0 unspecified atom stereocenters. The van der Waals surface area contributed by atoms with Crippen LogP contribution in [0.15, 0.2) is 24.3 Å². The molecule has 0 bridgehead atoms. The van der Waals surface area contributed by atoms with Crippen LogP contribution < -0.4 is 15.5 Å². The molecule has 4 aliphatic rings. The maximum Gasteiger partial charge on any atom is 0.287 e. The molecule has 2 N–H and O–H groups in total. The SMILES string of the molecule is CCC[C@H](CC(=O)[C@@H]1C[C@@]2(CC(=O)N(c3cccc(Cl)c3)C2)CN1C(=O)[C@@H](NC(=O)CC1CCCCC1)C(C)(C)C)C(=O)C(=O)NC1CC1. The number of hydrogen-bond donors (Lipinski definition) is 2. The molecule has 4 fully saturated rings. The molecule has 4 atom stereocenters. The summed E-state index contributed by atoms with van der Waals surface area (Å²) in [7, 11) is 0. The zero-order chi connectivity index (χ0) is 35.5. The zero-order valence-electron chi connectivity index (χ0n) is 29.5. The summed E-state index contributed by atoms with van der Waals surface area (Å²) in [5.41, 5.74) is -0.722. The van der Waals surface area contributed by atoms with Crippen molar-refractivity contribution in [2.24, 2.45) is 22.7 Å². The van der Waals surface area contributed by atoms with Gasteiger partial charge in [-0.3, -0.25) is 28.8 Å². The second-order valence-electron chi connectivity index (χ2n) is 16.2. The second-order valence-corrected chi connectivity index (χ2v) is 16.6. The largest absolute Gasteiger partial charge is 0.347 e. The van der Waals surface area contributed by atoms with Gasteiger partial charge in [-0.1, -0.05) is 71.0 Å². The topological polar surface area (TPSA) is 133 Å². The fourth-order valence-electron chi connectivity index (χ4n) is 8.00. The Morgan fingerprint density at radius 1 is 1.02 bits per heavy atom. The van der Waals surface area contributed by atoms with Crippen LogP contribution in [-0.2, 0) is 28.8 Å². The highest BCUT2D eigenvalue weighted by atomic mass is 35.5. The van der Waals surface area contributed by atoms with Crippen molar-refractivity contribution in [3.05, 3.63) is 29.3 Å². The number of ketones is 2. The van der Waals surface area contributed by atoms with Crippen LogP contribution >= 0.6 is 11.6 Å². The highest BCUT2D eigenvalue weighted by Crippen LogP contribution is 2.46. The molecule has 0 aromatic heterocycles. The number of nitrogens with zero attached hydrogens (tertiary/aromatic N) is 2. The minimum atomic E-state index is -0.904. The Morgan fingerprint density at radius 2 is 1.73 bits per heavy atom. The molecule has 2 heterocycles. The minimum Gasteiger partial charge on any atom is -0.347 e. The first-order chi connectivity index (χ1) is 23.2. The number of halogens is 1. The molecular formula is C38H53ClN4O6. The first-order valence-corrected chi connectivity index (χ1v) is 18.6. The van der Waals surface area contributed by atoms with Gasteiger partial charge in [0.05, 0.1) is 6.04 Å². The molecule has 5 rings (SSSR count). The van der Waals surface area contributed by atoms with E-state index in [-0.39, 0.29) is 55.4 Å². The summed E-state index contributed by atoms with van der Waals surface area (Å²) < 4.78 is 0. The summed E-state index contributed by atoms with van der Waals surface area (Å²) in [6, 6.07) is 5.27. The van der Waals surface area contributed by atoms with E-state index in [1.54, 1.807) is 28.0 Å². The standard InChI is InChI=1S/C38H53ClN4O6/c1-5-10-25(33(47)35(48)40-27-15-16-27)18-30(44)29-20-38(21-32(46)42(22-38)28-14-9-13-26(39)19-28)23-43(29)36(49)34(37(2,3)4)41-31(45)17-24-11-7-6-8-12-24/h9,13-14,19,24-25,27,29,34H,5-8,10-12,15-18,20-23H2,1-4H3,(H,40,48)(H,41,45)/t25-,29+,34-,38+/m1/s1. The monoisotopic (exact) mass is 696 g/mol. The van der Waals surface area contributed by atoms with E-state index >= 15 is 0 Å². The lowest BCUT2D eigenvalue weighted by Gasteiger charge is -2.36. The number of amides is 4. The van der Waals surface area contributed by atoms with Gasteiger partial charge in [-0.2, -0.15) is 0 Å². The number of anilines is 1. The molecule has 2 aliphatic carbocycles. The number of rotatable bonds is 13. The average Bonchev–Trinajstić information content (AvgIpc) is 3.70. The first kappa shape index (κ1) is 37.0. The van der Waals surface area contributed by atoms with Crippen LogP contribution in [0.5, 0.6) is 0 Å². The summed E-state index contributed by atoms with van der Waals surface area (Å²) in [6.07, 6.45) is 8.63. The highest BCUT2D eigenvalue weighted by Gasteiger charge is 2.56. The highest BCUT2D eigenvalue weighted by molar-refractivity contribution is 6.37. The molecule has 0 radical (unpaired) electrons. The van der Waals surface area contributed by atoms with Crippen molar-refractivity contribution in [1.82, 2.24) is 15.5 Å². The lowest BCUT2D eigenvalue weighted by Crippen LogP contribution is -2.57. The molecule has 2 saturated carbocycles. The lowest BCUT2D eigenvalue weighted by molar-refractivity contribution is -0.145. The molecule has 4 amide bonds. The summed E-state index contributed by atoms with van der Waals surface area (Å²) in [4.78, 5) is 85.0. The number of hydrogen-bond acceptors (Lipinski definition) is 6. The van der Waals surface area contributed by atoms with Crippen molar-refractivity contribution in [2.75, 3.05) is 18.0 Å². The molecule has 1 aromatic rings. The van der Waals surface area contributed by atoms with Gasteiger partial charge < -0.3 is 20.4 Å². The van der Waals surface area contributed by atoms with Gasteiger partial charge in [-0.05, 0) is 68.1 Å². The molecular weight excluding hydrogens is 644 g/mol. The van der Waals surface area contributed by atoms with Crippen LogP contribution in [0, 0.1) is 22.7 Å². The zero-order valence-corrected chi connectivity index (χ0v) is 30.3. The van der Waals surface area contributed by atoms with Crippen LogP contribution in [0.2, 0.25) is 5.02 Å². The van der Waals surface area contributed by atoms with Gasteiger partial charge in [0.1, 0.15) is 6.04 Å². The van der Waals surface area contributed by atoms with Crippen LogP contribution in [0.3, 0.4) is 0 Å². The minimum absolute atomic E-state index is 0.0160. The predicted octanol–water partition coefficient (Wildman–Crippen LogP) is 5.39. The Hall–Kier alpha value is -3.27. The Bertz CT molecular complexity index is 1450.